The Morgan fingerprint density at radius 2 is 1.78 bits per heavy atom. The van der Waals surface area contributed by atoms with Gasteiger partial charge in [0.1, 0.15) is 30.4 Å². The van der Waals surface area contributed by atoms with Gasteiger partial charge in [0.05, 0.1) is 7.14 Å². The molecule has 0 bridgehead atoms. The number of imide groups is 1. The molecule has 10 heteroatoms. The second-order valence-electron chi connectivity index (χ2n) is 8.03. The van der Waals surface area contributed by atoms with E-state index in [2.05, 4.69) is 55.8 Å². The zero-order valence-electron chi connectivity index (χ0n) is 19.0. The van der Waals surface area contributed by atoms with Crippen LogP contribution in [0, 0.1) is 19.9 Å². The van der Waals surface area contributed by atoms with Crippen LogP contribution < -0.4 is 15.4 Å². The van der Waals surface area contributed by atoms with Gasteiger partial charge in [-0.05, 0) is 111 Å². The van der Waals surface area contributed by atoms with Crippen LogP contribution in [0.2, 0.25) is 0 Å². The molecule has 1 fully saturated rings. The Morgan fingerprint density at radius 1 is 1.08 bits per heavy atom. The average molecular weight is 711 g/mol. The maximum Gasteiger partial charge on any atom is 0.329 e. The van der Waals surface area contributed by atoms with Crippen LogP contribution in [0.15, 0.2) is 66.4 Å². The summed E-state index contributed by atoms with van der Waals surface area (Å²) in [5, 5.41) is 5.23. The van der Waals surface area contributed by atoms with Gasteiger partial charge in [0.15, 0.2) is 0 Å². The molecule has 1 saturated heterocycles. The molecule has 1 aliphatic rings. The Hall–Kier alpha value is -3.00. The van der Waals surface area contributed by atoms with Crippen molar-refractivity contribution in [1.29, 1.82) is 0 Å². The number of urea groups is 1. The fourth-order valence-corrected chi connectivity index (χ4v) is 5.61. The molecule has 0 unspecified atom stereocenters. The molecular weight excluding hydrogens is 691 g/mol. The van der Waals surface area contributed by atoms with Crippen molar-refractivity contribution >= 4 is 74.8 Å². The lowest BCUT2D eigenvalue weighted by molar-refractivity contribution is -0.127. The highest BCUT2D eigenvalue weighted by molar-refractivity contribution is 14.1. The van der Waals surface area contributed by atoms with Crippen molar-refractivity contribution in [2.75, 3.05) is 11.9 Å². The van der Waals surface area contributed by atoms with Crippen LogP contribution in [-0.4, -0.2) is 29.3 Å². The van der Waals surface area contributed by atoms with E-state index in [0.29, 0.717) is 17.0 Å². The van der Waals surface area contributed by atoms with Crippen molar-refractivity contribution in [3.63, 3.8) is 0 Å². The molecule has 0 aromatic heterocycles. The first-order valence-corrected chi connectivity index (χ1v) is 12.9. The summed E-state index contributed by atoms with van der Waals surface area (Å²) < 4.78 is 20.6. The predicted molar refractivity (Wildman–Crippen MR) is 151 cm³/mol. The van der Waals surface area contributed by atoms with Gasteiger partial charge in [-0.1, -0.05) is 24.3 Å². The van der Waals surface area contributed by atoms with E-state index in [-0.39, 0.29) is 18.1 Å². The molecule has 0 saturated carbocycles. The molecule has 4 rings (SSSR count). The van der Waals surface area contributed by atoms with Crippen molar-refractivity contribution in [3.05, 3.63) is 96.0 Å². The molecular formula is C26H20FI2N3O4. The minimum absolute atomic E-state index is 0.0786. The van der Waals surface area contributed by atoms with Crippen molar-refractivity contribution in [1.82, 2.24) is 10.2 Å². The lowest BCUT2D eigenvalue weighted by Crippen LogP contribution is -2.38. The third-order valence-corrected chi connectivity index (χ3v) is 6.80. The average Bonchev–Trinajstić information content (AvgIpc) is 3.07. The van der Waals surface area contributed by atoms with E-state index in [1.54, 1.807) is 36.4 Å². The molecule has 3 aromatic carbocycles. The summed E-state index contributed by atoms with van der Waals surface area (Å²) in [4.78, 5) is 38.5. The Bertz CT molecular complexity index is 1350. The number of amides is 4. The standard InChI is InChI=1S/C26H20FI2N3O4/c1-15-3-2-4-19(9-15)30-23(33)13-32-25(34)22(31-26(32)35)12-17-10-20(28)24(21(29)11-17)36-14-16-5-7-18(27)8-6-16/h2-12H,13-14H2,1H3,(H,30,33)(H,31,35)/b22-12+. The topological polar surface area (TPSA) is 87.7 Å². The fourth-order valence-electron chi connectivity index (χ4n) is 3.49. The van der Waals surface area contributed by atoms with Crippen LogP contribution in [0.3, 0.4) is 0 Å². The van der Waals surface area contributed by atoms with Crippen LogP contribution in [-0.2, 0) is 16.2 Å². The van der Waals surface area contributed by atoms with Gasteiger partial charge in [-0.25, -0.2) is 14.1 Å². The Morgan fingerprint density at radius 3 is 2.44 bits per heavy atom. The van der Waals surface area contributed by atoms with Crippen LogP contribution in [0.5, 0.6) is 5.75 Å². The minimum Gasteiger partial charge on any atom is -0.487 e. The predicted octanol–water partition coefficient (Wildman–Crippen LogP) is 5.45. The van der Waals surface area contributed by atoms with E-state index in [9.17, 15) is 18.8 Å². The van der Waals surface area contributed by atoms with Crippen molar-refractivity contribution < 1.29 is 23.5 Å². The van der Waals surface area contributed by atoms with Crippen molar-refractivity contribution in [2.45, 2.75) is 13.5 Å². The lowest BCUT2D eigenvalue weighted by atomic mass is 10.2. The third kappa shape index (κ3) is 6.40. The molecule has 1 heterocycles. The monoisotopic (exact) mass is 711 g/mol. The summed E-state index contributed by atoms with van der Waals surface area (Å²) in [5.74, 6) is -0.698. The molecule has 3 aromatic rings. The quantitative estimate of drug-likeness (QED) is 0.194. The number of hydrogen-bond donors (Lipinski definition) is 2. The van der Waals surface area contributed by atoms with Crippen LogP contribution >= 0.6 is 45.2 Å². The van der Waals surface area contributed by atoms with Gasteiger partial charge in [-0.15, -0.1) is 0 Å². The number of carbonyl (C=O) groups excluding carboxylic acids is 3. The Balaban J connectivity index is 1.43. The summed E-state index contributed by atoms with van der Waals surface area (Å²) >= 11 is 4.27. The summed E-state index contributed by atoms with van der Waals surface area (Å²) in [5.41, 5.74) is 3.17. The summed E-state index contributed by atoms with van der Waals surface area (Å²) in [6.45, 7) is 1.78. The first-order chi connectivity index (χ1) is 17.2. The van der Waals surface area contributed by atoms with E-state index >= 15 is 0 Å². The fraction of sp³-hybridized carbons (Fsp3) is 0.115. The number of aryl methyl sites for hydroxylation is 1. The highest BCUT2D eigenvalue weighted by Gasteiger charge is 2.35. The second kappa shape index (κ2) is 11.4. The normalized spacial score (nSPS) is 14.2. The number of carbonyl (C=O) groups is 3. The maximum absolute atomic E-state index is 13.1. The number of benzene rings is 3. The molecule has 184 valence electrons. The molecule has 0 spiro atoms. The summed E-state index contributed by atoms with van der Waals surface area (Å²) in [7, 11) is 0. The van der Waals surface area contributed by atoms with Gasteiger partial charge in [-0.3, -0.25) is 9.59 Å². The molecule has 2 N–H and O–H groups in total. The molecule has 0 atom stereocenters. The van der Waals surface area contributed by atoms with Gasteiger partial charge < -0.3 is 15.4 Å². The van der Waals surface area contributed by atoms with E-state index in [1.165, 1.54) is 12.1 Å². The van der Waals surface area contributed by atoms with E-state index in [0.717, 1.165) is 23.2 Å². The van der Waals surface area contributed by atoms with E-state index in [1.807, 2.05) is 25.1 Å². The zero-order chi connectivity index (χ0) is 25.8. The maximum atomic E-state index is 13.1. The van der Waals surface area contributed by atoms with Gasteiger partial charge in [0.25, 0.3) is 5.91 Å². The highest BCUT2D eigenvalue weighted by Crippen LogP contribution is 2.31. The number of halogens is 3. The van der Waals surface area contributed by atoms with Gasteiger partial charge in [-0.2, -0.15) is 0 Å². The van der Waals surface area contributed by atoms with Crippen molar-refractivity contribution in [3.8, 4) is 5.75 Å². The number of anilines is 1. The van der Waals surface area contributed by atoms with Crippen molar-refractivity contribution in [2.24, 2.45) is 0 Å². The van der Waals surface area contributed by atoms with Gasteiger partial charge in [0, 0.05) is 5.69 Å². The lowest BCUT2D eigenvalue weighted by Gasteiger charge is -2.12. The minimum atomic E-state index is -0.658. The van der Waals surface area contributed by atoms with E-state index in [4.69, 9.17) is 4.74 Å². The number of ether oxygens (including phenoxy) is 1. The molecule has 36 heavy (non-hydrogen) atoms. The van der Waals surface area contributed by atoms with E-state index < -0.39 is 24.4 Å². The van der Waals surface area contributed by atoms with Crippen LogP contribution in [0.4, 0.5) is 14.9 Å². The summed E-state index contributed by atoms with van der Waals surface area (Å²) in [6.07, 6.45) is 1.56. The highest BCUT2D eigenvalue weighted by atomic mass is 127. The Labute approximate surface area is 234 Å². The molecule has 0 radical (unpaired) electrons. The van der Waals surface area contributed by atoms with Crippen LogP contribution in [0.25, 0.3) is 6.08 Å². The molecule has 1 aliphatic heterocycles. The third-order valence-electron chi connectivity index (χ3n) is 5.19. The Kier molecular flexibility index (Phi) is 8.24. The smallest absolute Gasteiger partial charge is 0.329 e. The molecule has 7 nitrogen and oxygen atoms in total. The zero-order valence-corrected chi connectivity index (χ0v) is 23.3. The number of hydrogen-bond acceptors (Lipinski definition) is 4. The number of nitrogens with one attached hydrogen (secondary N) is 2. The van der Waals surface area contributed by atoms with Gasteiger partial charge in [0.2, 0.25) is 5.91 Å². The first kappa shape index (κ1) is 26.1. The number of rotatable bonds is 7. The second-order valence-corrected chi connectivity index (χ2v) is 10.4. The first-order valence-electron chi connectivity index (χ1n) is 10.8. The summed E-state index contributed by atoms with van der Waals surface area (Å²) in [6, 6.07) is 16.3. The molecule has 4 amide bonds. The largest absolute Gasteiger partial charge is 0.487 e. The SMILES string of the molecule is Cc1cccc(NC(=O)CN2C(=O)N/C(=C/c3cc(I)c(OCc4ccc(F)cc4)c(I)c3)C2=O)c1. The van der Waals surface area contributed by atoms with Gasteiger partial charge >= 0.3 is 6.03 Å². The van der Waals surface area contributed by atoms with Crippen LogP contribution in [0.1, 0.15) is 16.7 Å². The number of nitrogens with zero attached hydrogens (tertiary/aromatic N) is 1. The molecule has 0 aliphatic carbocycles.